The van der Waals surface area contributed by atoms with Gasteiger partial charge in [-0.2, -0.15) is 0 Å². The van der Waals surface area contributed by atoms with Crippen LogP contribution in [0.1, 0.15) is 26.2 Å². The Morgan fingerprint density at radius 2 is 1.44 bits per heavy atom. The second-order valence-electron chi connectivity index (χ2n) is 8.68. The second kappa shape index (κ2) is 13.6. The number of hydrogen-bond acceptors (Lipinski definition) is 6. The van der Waals surface area contributed by atoms with E-state index in [1.54, 1.807) is 48.5 Å². The summed E-state index contributed by atoms with van der Waals surface area (Å²) in [6.07, 6.45) is 0.454. The zero-order chi connectivity index (χ0) is 27.5. The number of carbonyl (C=O) groups excluding carboxylic acids is 3. The summed E-state index contributed by atoms with van der Waals surface area (Å²) in [4.78, 5) is 36.4. The van der Waals surface area contributed by atoms with Crippen molar-refractivity contribution in [3.63, 3.8) is 0 Å². The van der Waals surface area contributed by atoms with Crippen molar-refractivity contribution in [2.45, 2.75) is 26.2 Å². The van der Waals surface area contributed by atoms with E-state index in [4.69, 9.17) is 14.2 Å². The van der Waals surface area contributed by atoms with Gasteiger partial charge in [0.1, 0.15) is 17.2 Å². The summed E-state index contributed by atoms with van der Waals surface area (Å²) >= 11 is 0. The third-order valence-electron chi connectivity index (χ3n) is 5.70. The van der Waals surface area contributed by atoms with Crippen LogP contribution in [0.5, 0.6) is 17.2 Å². The van der Waals surface area contributed by atoms with Gasteiger partial charge in [0.05, 0.1) is 12.3 Å². The molecule has 0 unspecified atom stereocenters. The molecule has 0 saturated carbocycles. The highest BCUT2D eigenvalue weighted by molar-refractivity contribution is 5.94. The van der Waals surface area contributed by atoms with Crippen molar-refractivity contribution in [3.8, 4) is 17.2 Å². The van der Waals surface area contributed by atoms with E-state index in [1.165, 1.54) is 0 Å². The van der Waals surface area contributed by atoms with Crippen molar-refractivity contribution in [2.24, 2.45) is 0 Å². The van der Waals surface area contributed by atoms with Gasteiger partial charge in [0.15, 0.2) is 6.61 Å². The Morgan fingerprint density at radius 3 is 2.23 bits per heavy atom. The van der Waals surface area contributed by atoms with Crippen LogP contribution < -0.4 is 20.1 Å². The molecule has 200 valence electrons. The van der Waals surface area contributed by atoms with Crippen molar-refractivity contribution in [3.05, 3.63) is 91.0 Å². The number of rotatable bonds is 12. The molecule has 4 aromatic rings. The molecule has 4 rings (SSSR count). The molecule has 0 spiro atoms. The molecule has 2 amide bonds. The fraction of sp³-hybridized carbons (Fsp3) is 0.194. The fourth-order valence-electron chi connectivity index (χ4n) is 3.85. The summed E-state index contributed by atoms with van der Waals surface area (Å²) in [5.41, 5.74) is 1.13. The minimum absolute atomic E-state index is 0.0226. The molecule has 0 aromatic heterocycles. The van der Waals surface area contributed by atoms with Crippen LogP contribution in [0.3, 0.4) is 0 Å². The molecule has 0 bridgehead atoms. The molecule has 0 atom stereocenters. The number of para-hydroxylation sites is 2. The SMILES string of the molecule is CCOc1ccccc1NC(=O)COC(=O)CCCC(=O)Nc1ccc(Oc2ccc3ccccc3c2)cc1. The van der Waals surface area contributed by atoms with E-state index in [2.05, 4.69) is 10.6 Å². The van der Waals surface area contributed by atoms with Gasteiger partial charge in [0.25, 0.3) is 5.91 Å². The normalized spacial score (nSPS) is 10.5. The number of carbonyl (C=O) groups is 3. The molecule has 0 heterocycles. The maximum Gasteiger partial charge on any atom is 0.306 e. The fourth-order valence-corrected chi connectivity index (χ4v) is 3.85. The molecule has 8 heteroatoms. The van der Waals surface area contributed by atoms with Gasteiger partial charge in [-0.3, -0.25) is 14.4 Å². The van der Waals surface area contributed by atoms with Crippen LogP contribution >= 0.6 is 0 Å². The Kier molecular flexibility index (Phi) is 9.50. The Hall–Kier alpha value is -4.85. The monoisotopic (exact) mass is 526 g/mol. The Morgan fingerprint density at radius 1 is 0.718 bits per heavy atom. The molecule has 0 aliphatic heterocycles. The third-order valence-corrected chi connectivity index (χ3v) is 5.70. The van der Waals surface area contributed by atoms with Gasteiger partial charge in [-0.05, 0) is 72.6 Å². The molecule has 0 aliphatic rings. The summed E-state index contributed by atoms with van der Waals surface area (Å²) in [6, 6.07) is 28.0. The van der Waals surface area contributed by atoms with E-state index >= 15 is 0 Å². The van der Waals surface area contributed by atoms with E-state index in [-0.39, 0.29) is 18.7 Å². The van der Waals surface area contributed by atoms with Crippen molar-refractivity contribution in [1.82, 2.24) is 0 Å². The molecule has 0 aliphatic carbocycles. The molecule has 0 saturated heterocycles. The van der Waals surface area contributed by atoms with Gasteiger partial charge in [0.2, 0.25) is 5.91 Å². The zero-order valence-corrected chi connectivity index (χ0v) is 21.6. The van der Waals surface area contributed by atoms with Gasteiger partial charge in [-0.25, -0.2) is 0 Å². The highest BCUT2D eigenvalue weighted by atomic mass is 16.5. The lowest BCUT2D eigenvalue weighted by molar-refractivity contribution is -0.147. The maximum absolute atomic E-state index is 12.3. The largest absolute Gasteiger partial charge is 0.492 e. The average molecular weight is 527 g/mol. The first-order valence-electron chi connectivity index (χ1n) is 12.7. The lowest BCUT2D eigenvalue weighted by Gasteiger charge is -2.11. The van der Waals surface area contributed by atoms with E-state index in [0.29, 0.717) is 35.9 Å². The molecule has 8 nitrogen and oxygen atoms in total. The average Bonchev–Trinajstić information content (AvgIpc) is 2.94. The molecule has 2 N–H and O–H groups in total. The summed E-state index contributed by atoms with van der Waals surface area (Å²) in [6.45, 7) is 1.89. The molecule has 4 aromatic carbocycles. The molecule has 0 fully saturated rings. The summed E-state index contributed by atoms with van der Waals surface area (Å²) in [7, 11) is 0. The second-order valence-corrected chi connectivity index (χ2v) is 8.68. The molecular formula is C31H30N2O6. The number of anilines is 2. The summed E-state index contributed by atoms with van der Waals surface area (Å²) in [5, 5.41) is 7.70. The minimum atomic E-state index is -0.550. The zero-order valence-electron chi connectivity index (χ0n) is 21.6. The molecule has 39 heavy (non-hydrogen) atoms. The lowest BCUT2D eigenvalue weighted by atomic mass is 10.1. The van der Waals surface area contributed by atoms with Crippen molar-refractivity contribution in [2.75, 3.05) is 23.8 Å². The Labute approximate surface area is 226 Å². The number of ether oxygens (including phenoxy) is 3. The van der Waals surface area contributed by atoms with Gasteiger partial charge in [-0.15, -0.1) is 0 Å². The summed E-state index contributed by atoms with van der Waals surface area (Å²) < 4.78 is 16.4. The van der Waals surface area contributed by atoms with Crippen LogP contribution in [-0.2, 0) is 19.1 Å². The lowest BCUT2D eigenvalue weighted by Crippen LogP contribution is -2.21. The smallest absolute Gasteiger partial charge is 0.306 e. The van der Waals surface area contributed by atoms with E-state index in [0.717, 1.165) is 16.5 Å². The molecule has 0 radical (unpaired) electrons. The standard InChI is InChI=1S/C31H30N2O6/c1-2-37-28-11-6-5-10-27(28)33-30(35)21-38-31(36)13-7-12-29(34)32-24-15-18-25(19-16-24)39-26-17-14-22-8-3-4-9-23(22)20-26/h3-6,8-11,14-20H,2,7,12-13,21H2,1H3,(H,32,34)(H,33,35). The van der Waals surface area contributed by atoms with Gasteiger partial charge in [-0.1, -0.05) is 42.5 Å². The van der Waals surface area contributed by atoms with Gasteiger partial charge < -0.3 is 24.8 Å². The number of amides is 2. The number of nitrogens with one attached hydrogen (secondary N) is 2. The third kappa shape index (κ3) is 8.33. The number of fused-ring (bicyclic) bond motifs is 1. The first-order chi connectivity index (χ1) is 19.0. The van der Waals surface area contributed by atoms with Crippen LogP contribution in [0.15, 0.2) is 91.0 Å². The highest BCUT2D eigenvalue weighted by Crippen LogP contribution is 2.27. The van der Waals surface area contributed by atoms with E-state index in [9.17, 15) is 14.4 Å². The highest BCUT2D eigenvalue weighted by Gasteiger charge is 2.12. The van der Waals surface area contributed by atoms with Gasteiger partial charge >= 0.3 is 5.97 Å². The van der Waals surface area contributed by atoms with Gasteiger partial charge in [0, 0.05) is 18.5 Å². The van der Waals surface area contributed by atoms with Crippen LogP contribution in [-0.4, -0.2) is 31.0 Å². The predicted molar refractivity (Wildman–Crippen MR) is 150 cm³/mol. The first kappa shape index (κ1) is 27.2. The van der Waals surface area contributed by atoms with Crippen molar-refractivity contribution >= 4 is 39.9 Å². The molecular weight excluding hydrogens is 496 g/mol. The van der Waals surface area contributed by atoms with Crippen LogP contribution in [0.4, 0.5) is 11.4 Å². The van der Waals surface area contributed by atoms with Crippen molar-refractivity contribution < 1.29 is 28.6 Å². The van der Waals surface area contributed by atoms with E-state index in [1.807, 2.05) is 49.4 Å². The van der Waals surface area contributed by atoms with Crippen LogP contribution in [0, 0.1) is 0 Å². The topological polar surface area (TPSA) is 103 Å². The number of hydrogen-bond donors (Lipinski definition) is 2. The quantitative estimate of drug-likeness (QED) is 0.209. The maximum atomic E-state index is 12.3. The minimum Gasteiger partial charge on any atom is -0.492 e. The number of benzene rings is 4. The Balaban J connectivity index is 1.15. The van der Waals surface area contributed by atoms with Crippen molar-refractivity contribution in [1.29, 1.82) is 0 Å². The predicted octanol–water partition coefficient (Wildman–Crippen LogP) is 6.32. The van der Waals surface area contributed by atoms with Crippen LogP contribution in [0.2, 0.25) is 0 Å². The van der Waals surface area contributed by atoms with E-state index < -0.39 is 18.5 Å². The summed E-state index contributed by atoms with van der Waals surface area (Å²) in [5.74, 6) is 0.670. The Bertz CT molecular complexity index is 1430. The number of esters is 1. The van der Waals surface area contributed by atoms with Crippen LogP contribution in [0.25, 0.3) is 10.8 Å². The first-order valence-corrected chi connectivity index (χ1v) is 12.7.